The van der Waals surface area contributed by atoms with Gasteiger partial charge in [0, 0.05) is 18.7 Å². The van der Waals surface area contributed by atoms with E-state index in [1.54, 1.807) is 0 Å². The minimum absolute atomic E-state index is 0.148. The monoisotopic (exact) mass is 293 g/mol. The van der Waals surface area contributed by atoms with Crippen molar-refractivity contribution in [1.82, 2.24) is 9.55 Å². The minimum atomic E-state index is -1.90. The van der Waals surface area contributed by atoms with Crippen LogP contribution in [0.3, 0.4) is 0 Å². The van der Waals surface area contributed by atoms with Crippen molar-refractivity contribution >= 4 is 21.5 Å². The number of hydrogen-bond donors (Lipinski definition) is 3. The van der Waals surface area contributed by atoms with Crippen LogP contribution in [0.5, 0.6) is 0 Å². The Kier molecular flexibility index (Phi) is 8.31. The largest absolute Gasteiger partial charge is 0.407 e. The zero-order chi connectivity index (χ0) is 16.6. The van der Waals surface area contributed by atoms with Crippen LogP contribution in [0.2, 0.25) is 0 Å². The maximum absolute atomic E-state index is 11.6. The van der Waals surface area contributed by atoms with Gasteiger partial charge >= 0.3 is 5.69 Å². The predicted octanol–water partition coefficient (Wildman–Crippen LogP) is -0.879. The summed E-state index contributed by atoms with van der Waals surface area (Å²) in [5, 5.41) is 14.5. The third-order valence-corrected chi connectivity index (χ3v) is 2.67. The van der Waals surface area contributed by atoms with Crippen molar-refractivity contribution in [2.24, 2.45) is 0 Å². The minimum Gasteiger partial charge on any atom is -0.407 e. The van der Waals surface area contributed by atoms with Gasteiger partial charge in [0.25, 0.3) is 0 Å². The number of aromatic nitrogens is 2. The summed E-state index contributed by atoms with van der Waals surface area (Å²) < 4.78 is 6.71. The number of aliphatic hydroxyl groups excluding tert-OH is 1. The first-order valence-electron chi connectivity index (χ1n) is 6.63. The summed E-state index contributed by atoms with van der Waals surface area (Å²) in [4.78, 5) is 15.1. The molecular weight excluding hydrogens is 272 g/mol. The summed E-state index contributed by atoms with van der Waals surface area (Å²) in [6.45, 7) is 4.00. The van der Waals surface area contributed by atoms with E-state index in [9.17, 15) is 9.90 Å². The fourth-order valence-electron chi connectivity index (χ4n) is 1.81. The molecule has 1 aromatic rings. The zero-order valence-electron chi connectivity index (χ0n) is 12.6. The molecule has 4 N–H and O–H groups in total. The molecule has 1 aromatic heterocycles. The van der Waals surface area contributed by atoms with Crippen molar-refractivity contribution in [3.05, 3.63) is 22.7 Å². The summed E-state index contributed by atoms with van der Waals surface area (Å²) in [5.41, 5.74) is 4.87. The molecule has 2 unspecified atom stereocenters. The summed E-state index contributed by atoms with van der Waals surface area (Å²) in [6, 6.07) is 1.50. The average molecular weight is 293 g/mol. The number of ether oxygens (including phenoxy) is 1. The van der Waals surface area contributed by atoms with E-state index in [1.807, 2.05) is 13.8 Å². The van der Waals surface area contributed by atoms with E-state index >= 15 is 0 Å². The number of nitrogens with two attached hydrogens (primary N) is 1. The van der Waals surface area contributed by atoms with Crippen molar-refractivity contribution in [2.75, 3.05) is 12.8 Å². The molecule has 4 radical (unpaired) electrons. The molecule has 2 heterocycles. The van der Waals surface area contributed by atoms with Crippen LogP contribution in [0.4, 0.5) is 5.82 Å². The van der Waals surface area contributed by atoms with E-state index in [0.29, 0.717) is 12.8 Å². The first kappa shape index (κ1) is 19.7. The van der Waals surface area contributed by atoms with Crippen LogP contribution >= 0.6 is 0 Å². The van der Waals surface area contributed by atoms with Gasteiger partial charge in [0.2, 0.25) is 0 Å². The van der Waals surface area contributed by atoms with Crippen molar-refractivity contribution < 1.29 is 14.9 Å². The van der Waals surface area contributed by atoms with Crippen molar-refractivity contribution in [3.8, 4) is 0 Å². The van der Waals surface area contributed by atoms with E-state index in [4.69, 9.17) is 31.3 Å². The molecule has 1 fully saturated rings. The lowest BCUT2D eigenvalue weighted by Crippen LogP contribution is -2.43. The molecule has 1 aliphatic heterocycles. The predicted molar refractivity (Wildman–Crippen MR) is 82.0 cm³/mol. The molecule has 0 bridgehead atoms. The van der Waals surface area contributed by atoms with E-state index < -0.39 is 23.4 Å². The van der Waals surface area contributed by atoms with Gasteiger partial charge in [0.05, 0.1) is 6.10 Å². The molecular formula is C12H21B2N3O4. The van der Waals surface area contributed by atoms with Crippen LogP contribution in [-0.2, 0) is 4.74 Å². The summed E-state index contributed by atoms with van der Waals surface area (Å²) in [5.74, 6) is 0.148. The van der Waals surface area contributed by atoms with Crippen LogP contribution in [-0.4, -0.2) is 54.1 Å². The highest BCUT2D eigenvalue weighted by Gasteiger charge is 2.35. The van der Waals surface area contributed by atoms with Crippen molar-refractivity contribution in [2.45, 2.75) is 44.4 Å². The fraction of sp³-hybridized carbons (Fsp3) is 0.667. The van der Waals surface area contributed by atoms with Gasteiger partial charge in [-0.1, -0.05) is 13.8 Å². The van der Waals surface area contributed by atoms with Gasteiger partial charge in [-0.2, -0.15) is 4.98 Å². The quantitative estimate of drug-likeness (QED) is 0.611. The number of nitrogens with zero attached hydrogens (tertiary/aromatic N) is 2. The van der Waals surface area contributed by atoms with Crippen molar-refractivity contribution in [3.63, 3.8) is 0 Å². The van der Waals surface area contributed by atoms with Crippen LogP contribution < -0.4 is 11.4 Å². The van der Waals surface area contributed by atoms with Gasteiger partial charge in [-0.15, -0.1) is 0 Å². The lowest BCUT2D eigenvalue weighted by atomic mass is 9.61. The SMILES string of the molecule is CC.CO.[B]C([B])(O)C1CCC(n2ccc(N)nc2=O)O1. The van der Waals surface area contributed by atoms with Crippen LogP contribution in [0.1, 0.15) is 32.9 Å². The molecule has 2 rings (SSSR count). The smallest absolute Gasteiger partial charge is 0.351 e. The molecule has 1 saturated heterocycles. The molecule has 0 spiro atoms. The zero-order valence-corrected chi connectivity index (χ0v) is 12.6. The number of rotatable bonds is 2. The average Bonchev–Trinajstić information content (AvgIpc) is 2.93. The second kappa shape index (κ2) is 8.86. The molecule has 0 amide bonds. The van der Waals surface area contributed by atoms with Gasteiger partial charge in [-0.3, -0.25) is 4.57 Å². The van der Waals surface area contributed by atoms with Crippen LogP contribution in [0.15, 0.2) is 17.1 Å². The van der Waals surface area contributed by atoms with Gasteiger partial charge in [-0.25, -0.2) is 4.79 Å². The summed E-state index contributed by atoms with van der Waals surface area (Å²) in [7, 11) is 11.7. The van der Waals surface area contributed by atoms with E-state index in [0.717, 1.165) is 7.11 Å². The molecule has 9 heteroatoms. The third-order valence-electron chi connectivity index (χ3n) is 2.67. The highest BCUT2D eigenvalue weighted by molar-refractivity contribution is 6.39. The van der Waals surface area contributed by atoms with Crippen LogP contribution in [0, 0.1) is 0 Å². The Morgan fingerprint density at radius 3 is 2.43 bits per heavy atom. The first-order valence-corrected chi connectivity index (χ1v) is 6.63. The number of aliphatic hydroxyl groups is 2. The van der Waals surface area contributed by atoms with Gasteiger partial charge in [0.1, 0.15) is 27.7 Å². The second-order valence-electron chi connectivity index (χ2n) is 4.09. The fourth-order valence-corrected chi connectivity index (χ4v) is 1.81. The van der Waals surface area contributed by atoms with Gasteiger partial charge in [0.15, 0.2) is 0 Å². The molecule has 0 aromatic carbocycles. The van der Waals surface area contributed by atoms with E-state index in [-0.39, 0.29) is 5.82 Å². The Labute approximate surface area is 127 Å². The maximum atomic E-state index is 11.6. The van der Waals surface area contributed by atoms with E-state index in [2.05, 4.69) is 4.98 Å². The second-order valence-corrected chi connectivity index (χ2v) is 4.09. The Morgan fingerprint density at radius 2 is 2.00 bits per heavy atom. The van der Waals surface area contributed by atoms with Gasteiger partial charge < -0.3 is 20.7 Å². The standard InChI is InChI=1S/C9H11B2N3O3.C2H6.CH4O/c10-9(11,16)5-1-2-7(17-5)14-4-3-6(12)13-8(14)15;2*1-2/h3-5,7,16H,1-2H2,(H2,12,13,15);1-2H3;2H,1H3. The lowest BCUT2D eigenvalue weighted by Gasteiger charge is -2.26. The van der Waals surface area contributed by atoms with Crippen LogP contribution in [0.25, 0.3) is 0 Å². The summed E-state index contributed by atoms with van der Waals surface area (Å²) in [6.07, 6.45) is 1.23. The normalized spacial score (nSPS) is 20.8. The number of anilines is 1. The molecule has 2 atom stereocenters. The Hall–Kier alpha value is -1.31. The molecule has 0 saturated carbocycles. The number of hydrogen-bond acceptors (Lipinski definition) is 6. The first-order chi connectivity index (χ1) is 9.88. The van der Waals surface area contributed by atoms with Crippen molar-refractivity contribution in [1.29, 1.82) is 0 Å². The molecule has 114 valence electrons. The third kappa shape index (κ3) is 5.53. The highest BCUT2D eigenvalue weighted by atomic mass is 16.5. The molecule has 0 aliphatic carbocycles. The Balaban J connectivity index is 0.000000921. The maximum Gasteiger partial charge on any atom is 0.351 e. The topological polar surface area (TPSA) is 111 Å². The Bertz CT molecular complexity index is 476. The summed E-state index contributed by atoms with van der Waals surface area (Å²) >= 11 is 0. The Morgan fingerprint density at radius 1 is 1.43 bits per heavy atom. The molecule has 7 nitrogen and oxygen atoms in total. The lowest BCUT2D eigenvalue weighted by molar-refractivity contribution is -0.0502. The van der Waals surface area contributed by atoms with E-state index in [1.165, 1.54) is 16.8 Å². The highest BCUT2D eigenvalue weighted by Crippen LogP contribution is 2.30. The molecule has 1 aliphatic rings. The van der Waals surface area contributed by atoms with Gasteiger partial charge in [-0.05, 0) is 18.9 Å². The number of nitrogen functional groups attached to an aromatic ring is 1. The molecule has 21 heavy (non-hydrogen) atoms.